The lowest BCUT2D eigenvalue weighted by Crippen LogP contribution is -2.32. The van der Waals surface area contributed by atoms with Crippen molar-refractivity contribution in [3.05, 3.63) is 55.0 Å². The number of nitrogens with one attached hydrogen (secondary N) is 1. The first-order valence-electron chi connectivity index (χ1n) is 7.88. The molecule has 0 aliphatic carbocycles. The Morgan fingerprint density at radius 2 is 2.19 bits per heavy atom. The van der Waals surface area contributed by atoms with Crippen LogP contribution < -0.4 is 11.0 Å². The highest BCUT2D eigenvalue weighted by molar-refractivity contribution is 7.18. The Labute approximate surface area is 160 Å². The third-order valence-electron chi connectivity index (χ3n) is 3.84. The molecule has 0 aliphatic rings. The Morgan fingerprint density at radius 1 is 1.35 bits per heavy atom. The Morgan fingerprint density at radius 3 is 2.92 bits per heavy atom. The van der Waals surface area contributed by atoms with E-state index in [1.807, 2.05) is 29.8 Å². The third kappa shape index (κ3) is 2.98. The molecule has 9 heteroatoms. The summed E-state index contributed by atoms with van der Waals surface area (Å²) < 4.78 is 1.14. The van der Waals surface area contributed by atoms with Crippen LogP contribution in [0.3, 0.4) is 0 Å². The fourth-order valence-corrected chi connectivity index (χ4v) is 5.10. The smallest absolute Gasteiger partial charge is 0.267 e. The molecular weight excluding hydrogens is 388 g/mol. The van der Waals surface area contributed by atoms with E-state index in [-0.39, 0.29) is 11.5 Å². The SMILES string of the molecule is CCc1cc2c(=O)n(NC(=O)c3sc(-c4ccsc4)nc3C)cnc2s1. The zero-order valence-corrected chi connectivity index (χ0v) is 16.4. The van der Waals surface area contributed by atoms with Crippen molar-refractivity contribution in [3.63, 3.8) is 0 Å². The minimum atomic E-state index is -0.365. The number of nitrogens with zero attached hydrogens (tertiary/aromatic N) is 3. The molecule has 1 N–H and O–H groups in total. The number of aryl methyl sites for hydroxylation is 2. The van der Waals surface area contributed by atoms with Crippen LogP contribution in [0.15, 0.2) is 34.0 Å². The van der Waals surface area contributed by atoms with Gasteiger partial charge in [0.05, 0.1) is 11.1 Å². The van der Waals surface area contributed by atoms with E-state index >= 15 is 0 Å². The first-order valence-corrected chi connectivity index (χ1v) is 10.5. The van der Waals surface area contributed by atoms with Crippen molar-refractivity contribution in [2.75, 3.05) is 5.43 Å². The van der Waals surface area contributed by atoms with Gasteiger partial charge in [-0.05, 0) is 30.9 Å². The van der Waals surface area contributed by atoms with E-state index in [0.29, 0.717) is 20.8 Å². The summed E-state index contributed by atoms with van der Waals surface area (Å²) in [7, 11) is 0. The second kappa shape index (κ2) is 6.75. The number of hydrogen-bond acceptors (Lipinski definition) is 7. The van der Waals surface area contributed by atoms with Gasteiger partial charge in [0.2, 0.25) is 0 Å². The maximum Gasteiger partial charge on any atom is 0.282 e. The maximum absolute atomic E-state index is 12.6. The summed E-state index contributed by atoms with van der Waals surface area (Å²) in [5, 5.41) is 5.27. The highest BCUT2D eigenvalue weighted by Gasteiger charge is 2.18. The molecule has 0 radical (unpaired) electrons. The van der Waals surface area contributed by atoms with Crippen LogP contribution in [0.2, 0.25) is 0 Å². The fraction of sp³-hybridized carbons (Fsp3) is 0.176. The largest absolute Gasteiger partial charge is 0.282 e. The Hall–Kier alpha value is -2.36. The first kappa shape index (κ1) is 17.1. The number of amides is 1. The molecule has 0 aliphatic heterocycles. The molecule has 4 heterocycles. The van der Waals surface area contributed by atoms with Crippen LogP contribution in [0, 0.1) is 6.92 Å². The zero-order valence-electron chi connectivity index (χ0n) is 14.0. The number of rotatable bonds is 4. The van der Waals surface area contributed by atoms with E-state index in [1.165, 1.54) is 29.0 Å². The molecule has 4 rings (SSSR count). The van der Waals surface area contributed by atoms with Gasteiger partial charge < -0.3 is 0 Å². The molecule has 6 nitrogen and oxygen atoms in total. The molecule has 0 unspecified atom stereocenters. The van der Waals surface area contributed by atoms with Crippen LogP contribution in [-0.2, 0) is 6.42 Å². The Bertz CT molecular complexity index is 1150. The van der Waals surface area contributed by atoms with Gasteiger partial charge in [0, 0.05) is 15.8 Å². The predicted octanol–water partition coefficient (Wildman–Crippen LogP) is 3.90. The van der Waals surface area contributed by atoms with Crippen molar-refractivity contribution in [1.82, 2.24) is 14.6 Å². The molecule has 1 amide bonds. The summed E-state index contributed by atoms with van der Waals surface area (Å²) in [5.41, 5.74) is 3.98. The quantitative estimate of drug-likeness (QED) is 0.562. The van der Waals surface area contributed by atoms with Gasteiger partial charge in [-0.25, -0.2) is 14.6 Å². The lowest BCUT2D eigenvalue weighted by atomic mass is 10.3. The summed E-state index contributed by atoms with van der Waals surface area (Å²) >= 11 is 4.39. The van der Waals surface area contributed by atoms with E-state index < -0.39 is 0 Å². The van der Waals surface area contributed by atoms with Crippen LogP contribution in [0.1, 0.15) is 27.2 Å². The van der Waals surface area contributed by atoms with Crippen molar-refractivity contribution in [2.24, 2.45) is 0 Å². The van der Waals surface area contributed by atoms with Crippen molar-refractivity contribution < 1.29 is 4.79 Å². The number of fused-ring (bicyclic) bond motifs is 1. The molecule has 26 heavy (non-hydrogen) atoms. The number of thiazole rings is 1. The zero-order chi connectivity index (χ0) is 18.3. The molecule has 0 saturated carbocycles. The second-order valence-electron chi connectivity index (χ2n) is 5.59. The van der Waals surface area contributed by atoms with Crippen molar-refractivity contribution in [1.29, 1.82) is 0 Å². The minimum absolute atomic E-state index is 0.278. The molecule has 4 aromatic rings. The number of carbonyl (C=O) groups excluding carboxylic acids is 1. The topological polar surface area (TPSA) is 76.9 Å². The van der Waals surface area contributed by atoms with E-state index in [2.05, 4.69) is 15.4 Å². The molecule has 0 spiro atoms. The van der Waals surface area contributed by atoms with Crippen molar-refractivity contribution in [2.45, 2.75) is 20.3 Å². The van der Waals surface area contributed by atoms with Crippen molar-refractivity contribution in [3.8, 4) is 10.6 Å². The number of thiophene rings is 2. The van der Waals surface area contributed by atoms with E-state index in [0.717, 1.165) is 26.5 Å². The summed E-state index contributed by atoms with van der Waals surface area (Å²) in [6.45, 7) is 3.82. The highest BCUT2D eigenvalue weighted by atomic mass is 32.1. The van der Waals surface area contributed by atoms with Crippen molar-refractivity contribution >= 4 is 50.1 Å². The van der Waals surface area contributed by atoms with Gasteiger partial charge in [-0.15, -0.1) is 22.7 Å². The first-order chi connectivity index (χ1) is 12.6. The van der Waals surface area contributed by atoms with Crippen LogP contribution in [-0.4, -0.2) is 20.6 Å². The summed E-state index contributed by atoms with van der Waals surface area (Å²) in [4.78, 5) is 36.3. The molecular formula is C17H14N4O2S3. The van der Waals surface area contributed by atoms with Gasteiger partial charge in [-0.3, -0.25) is 15.0 Å². The summed E-state index contributed by atoms with van der Waals surface area (Å²) in [6.07, 6.45) is 2.20. The predicted molar refractivity (Wildman–Crippen MR) is 107 cm³/mol. The summed E-state index contributed by atoms with van der Waals surface area (Å²) in [5.74, 6) is -0.365. The number of hydrogen-bond donors (Lipinski definition) is 1. The van der Waals surface area contributed by atoms with Crippen LogP contribution in [0.5, 0.6) is 0 Å². The monoisotopic (exact) mass is 402 g/mol. The fourth-order valence-electron chi connectivity index (χ4n) is 2.50. The molecule has 4 aromatic heterocycles. The van der Waals surface area contributed by atoms with Gasteiger partial charge in [-0.2, -0.15) is 11.3 Å². The molecule has 0 saturated heterocycles. The molecule has 0 fully saturated rings. The van der Waals surface area contributed by atoms with Crippen LogP contribution in [0.25, 0.3) is 20.8 Å². The normalized spacial score (nSPS) is 11.2. The van der Waals surface area contributed by atoms with Gasteiger partial charge in [0.1, 0.15) is 21.0 Å². The highest BCUT2D eigenvalue weighted by Crippen LogP contribution is 2.29. The Balaban J connectivity index is 1.65. The number of carbonyl (C=O) groups is 1. The average Bonchev–Trinajstić information content (AvgIpc) is 3.35. The third-order valence-corrected chi connectivity index (χ3v) is 6.92. The van der Waals surface area contributed by atoms with Crippen LogP contribution in [0.4, 0.5) is 0 Å². The average molecular weight is 403 g/mol. The number of aromatic nitrogens is 3. The van der Waals surface area contributed by atoms with Gasteiger partial charge >= 0.3 is 0 Å². The lowest BCUT2D eigenvalue weighted by molar-refractivity contribution is 0.101. The minimum Gasteiger partial charge on any atom is -0.267 e. The van der Waals surface area contributed by atoms with Gasteiger partial charge in [0.25, 0.3) is 11.5 Å². The van der Waals surface area contributed by atoms with Gasteiger partial charge in [0.15, 0.2) is 0 Å². The van der Waals surface area contributed by atoms with E-state index in [9.17, 15) is 9.59 Å². The molecule has 132 valence electrons. The standard InChI is InChI=1S/C17H14N4O2S3/c1-3-11-6-12-16(25-11)18-8-21(17(12)23)20-14(22)13-9(2)19-15(26-13)10-4-5-24-7-10/h4-8H,3H2,1-2H3,(H,20,22). The lowest BCUT2D eigenvalue weighted by Gasteiger charge is -2.06. The summed E-state index contributed by atoms with van der Waals surface area (Å²) in [6, 6.07) is 3.81. The molecule has 0 atom stereocenters. The van der Waals surface area contributed by atoms with E-state index in [1.54, 1.807) is 18.3 Å². The van der Waals surface area contributed by atoms with Crippen LogP contribution >= 0.6 is 34.0 Å². The Kier molecular flexibility index (Phi) is 4.43. The second-order valence-corrected chi connectivity index (χ2v) is 8.49. The maximum atomic E-state index is 12.6. The molecule has 0 bridgehead atoms. The van der Waals surface area contributed by atoms with E-state index in [4.69, 9.17) is 0 Å². The van der Waals surface area contributed by atoms with Gasteiger partial charge in [-0.1, -0.05) is 6.92 Å². The molecule has 0 aromatic carbocycles.